The molecular weight excluding hydrogens is 334 g/mol. The molecule has 0 bridgehead atoms. The number of carbonyl (C=O) groups excluding carboxylic acids is 1. The van der Waals surface area contributed by atoms with Gasteiger partial charge in [0, 0.05) is 0 Å². The minimum Gasteiger partial charge on any atom is -0.480 e. The fourth-order valence-electron chi connectivity index (χ4n) is 2.00. The summed E-state index contributed by atoms with van der Waals surface area (Å²) in [5.74, 6) is -1.88. The van der Waals surface area contributed by atoms with Crippen LogP contribution in [0.1, 0.15) is 24.8 Å². The van der Waals surface area contributed by atoms with Crippen molar-refractivity contribution in [1.29, 1.82) is 0 Å². The minimum absolute atomic E-state index is 0.0444. The number of carbonyl (C=O) groups is 2. The molecule has 0 saturated heterocycles. The minimum atomic E-state index is -3.89. The van der Waals surface area contributed by atoms with E-state index in [9.17, 15) is 18.0 Å². The van der Waals surface area contributed by atoms with Crippen molar-refractivity contribution in [2.75, 3.05) is 13.1 Å². The highest BCUT2D eigenvalue weighted by Crippen LogP contribution is 2.12. The predicted molar refractivity (Wildman–Crippen MR) is 88.8 cm³/mol. The van der Waals surface area contributed by atoms with E-state index in [1.807, 2.05) is 6.92 Å². The molecule has 0 aromatic heterocycles. The van der Waals surface area contributed by atoms with Crippen molar-refractivity contribution < 1.29 is 23.1 Å². The Bertz CT molecular complexity index is 658. The lowest BCUT2D eigenvalue weighted by Crippen LogP contribution is -2.47. The van der Waals surface area contributed by atoms with E-state index >= 15 is 0 Å². The van der Waals surface area contributed by atoms with Gasteiger partial charge in [-0.3, -0.25) is 9.59 Å². The number of aliphatic carboxylic acids is 1. The van der Waals surface area contributed by atoms with Crippen LogP contribution in [-0.2, 0) is 19.6 Å². The van der Waals surface area contributed by atoms with E-state index in [2.05, 4.69) is 10.0 Å². The van der Waals surface area contributed by atoms with Crippen LogP contribution in [0.2, 0.25) is 0 Å². The lowest BCUT2D eigenvalue weighted by Gasteiger charge is -2.18. The standard InChI is InChI=1S/C15H23N3O5S/c1-11-5-7-12(8-6-11)24(22,23)18-13(4-2-3-9-16)15(21)17-10-14(19)20/h5-8,13,18H,2-4,9-10,16H2,1H3,(H,17,21)(H,19,20)/t13-/m0/s1. The number of hydrogen-bond donors (Lipinski definition) is 4. The number of rotatable bonds is 10. The summed E-state index contributed by atoms with van der Waals surface area (Å²) >= 11 is 0. The van der Waals surface area contributed by atoms with Crippen LogP contribution >= 0.6 is 0 Å². The van der Waals surface area contributed by atoms with Crippen molar-refractivity contribution in [2.45, 2.75) is 37.1 Å². The predicted octanol–water partition coefficient (Wildman–Crippen LogP) is -0.0283. The number of carboxylic acids is 1. The zero-order valence-corrected chi connectivity index (χ0v) is 14.3. The molecule has 0 heterocycles. The van der Waals surface area contributed by atoms with Crippen LogP contribution in [0.4, 0.5) is 0 Å². The summed E-state index contributed by atoms with van der Waals surface area (Å²) in [6.07, 6.45) is 1.40. The van der Waals surface area contributed by atoms with E-state index in [1.165, 1.54) is 12.1 Å². The van der Waals surface area contributed by atoms with E-state index < -0.39 is 34.5 Å². The molecule has 134 valence electrons. The molecule has 0 radical (unpaired) electrons. The van der Waals surface area contributed by atoms with Gasteiger partial charge in [-0.25, -0.2) is 8.42 Å². The SMILES string of the molecule is Cc1ccc(S(=O)(=O)N[C@@H](CCCCN)C(=O)NCC(=O)O)cc1. The van der Waals surface area contributed by atoms with Crippen LogP contribution < -0.4 is 15.8 Å². The Morgan fingerprint density at radius 1 is 1.21 bits per heavy atom. The summed E-state index contributed by atoms with van der Waals surface area (Å²) in [6.45, 7) is 1.69. The molecule has 1 amide bonds. The molecule has 1 atom stereocenters. The van der Waals surface area contributed by atoms with E-state index in [0.29, 0.717) is 19.4 Å². The van der Waals surface area contributed by atoms with Crippen molar-refractivity contribution >= 4 is 21.9 Å². The smallest absolute Gasteiger partial charge is 0.322 e. The van der Waals surface area contributed by atoms with E-state index in [-0.39, 0.29) is 11.3 Å². The second-order valence-electron chi connectivity index (χ2n) is 5.38. The number of nitrogens with one attached hydrogen (secondary N) is 2. The maximum Gasteiger partial charge on any atom is 0.322 e. The third kappa shape index (κ3) is 6.65. The maximum absolute atomic E-state index is 12.4. The first kappa shape index (κ1) is 20.1. The second-order valence-corrected chi connectivity index (χ2v) is 7.10. The van der Waals surface area contributed by atoms with Gasteiger partial charge in [-0.1, -0.05) is 24.1 Å². The second kappa shape index (κ2) is 9.36. The van der Waals surface area contributed by atoms with Gasteiger partial charge in [0.2, 0.25) is 15.9 Å². The fourth-order valence-corrected chi connectivity index (χ4v) is 3.22. The number of aryl methyl sites for hydroxylation is 1. The lowest BCUT2D eigenvalue weighted by molar-refractivity contribution is -0.138. The summed E-state index contributed by atoms with van der Waals surface area (Å²) in [6, 6.07) is 5.15. The third-order valence-electron chi connectivity index (χ3n) is 3.31. The van der Waals surface area contributed by atoms with Gasteiger partial charge < -0.3 is 16.2 Å². The Hall–Kier alpha value is -1.97. The molecule has 24 heavy (non-hydrogen) atoms. The summed E-state index contributed by atoms with van der Waals surface area (Å²) in [7, 11) is -3.89. The van der Waals surface area contributed by atoms with Crippen molar-refractivity contribution in [2.24, 2.45) is 5.73 Å². The monoisotopic (exact) mass is 357 g/mol. The van der Waals surface area contributed by atoms with Crippen LogP contribution in [0.15, 0.2) is 29.2 Å². The zero-order chi connectivity index (χ0) is 18.2. The van der Waals surface area contributed by atoms with Crippen LogP contribution in [0.25, 0.3) is 0 Å². The first-order valence-corrected chi connectivity index (χ1v) is 9.03. The van der Waals surface area contributed by atoms with Gasteiger partial charge >= 0.3 is 5.97 Å². The molecule has 0 aliphatic carbocycles. The maximum atomic E-state index is 12.4. The highest BCUT2D eigenvalue weighted by Gasteiger charge is 2.25. The number of unbranched alkanes of at least 4 members (excludes halogenated alkanes) is 1. The lowest BCUT2D eigenvalue weighted by atomic mass is 10.1. The van der Waals surface area contributed by atoms with Gasteiger partial charge in [-0.05, 0) is 38.4 Å². The number of sulfonamides is 1. The summed E-state index contributed by atoms with van der Waals surface area (Å²) in [5, 5.41) is 10.8. The van der Waals surface area contributed by atoms with E-state index in [0.717, 1.165) is 5.56 Å². The Morgan fingerprint density at radius 3 is 2.38 bits per heavy atom. The Morgan fingerprint density at radius 2 is 1.83 bits per heavy atom. The Kier molecular flexibility index (Phi) is 7.83. The van der Waals surface area contributed by atoms with Crippen molar-refractivity contribution in [1.82, 2.24) is 10.0 Å². The molecule has 0 aliphatic heterocycles. The molecular formula is C15H23N3O5S. The van der Waals surface area contributed by atoms with Gasteiger partial charge in [-0.2, -0.15) is 4.72 Å². The zero-order valence-electron chi connectivity index (χ0n) is 13.5. The summed E-state index contributed by atoms with van der Waals surface area (Å²) in [4.78, 5) is 22.7. The topological polar surface area (TPSA) is 139 Å². The number of carboxylic acid groups (broad SMARTS) is 1. The molecule has 0 aliphatic rings. The molecule has 5 N–H and O–H groups in total. The summed E-state index contributed by atoms with van der Waals surface area (Å²) in [5.41, 5.74) is 6.31. The average molecular weight is 357 g/mol. The molecule has 1 rings (SSSR count). The molecule has 1 aromatic carbocycles. The van der Waals surface area contributed by atoms with Gasteiger partial charge in [0.25, 0.3) is 0 Å². The summed E-state index contributed by atoms with van der Waals surface area (Å²) < 4.78 is 27.1. The van der Waals surface area contributed by atoms with Crippen molar-refractivity contribution in [3.05, 3.63) is 29.8 Å². The number of nitrogens with two attached hydrogens (primary N) is 1. The fraction of sp³-hybridized carbons (Fsp3) is 0.467. The molecule has 0 fully saturated rings. The Balaban J connectivity index is 2.86. The molecule has 0 spiro atoms. The highest BCUT2D eigenvalue weighted by molar-refractivity contribution is 7.89. The number of benzene rings is 1. The quantitative estimate of drug-likeness (QED) is 0.434. The molecule has 0 saturated carbocycles. The first-order valence-electron chi connectivity index (χ1n) is 7.55. The first-order chi connectivity index (χ1) is 11.3. The largest absolute Gasteiger partial charge is 0.480 e. The van der Waals surface area contributed by atoms with Gasteiger partial charge in [0.1, 0.15) is 12.6 Å². The van der Waals surface area contributed by atoms with E-state index in [4.69, 9.17) is 10.8 Å². The number of hydrogen-bond acceptors (Lipinski definition) is 5. The van der Waals surface area contributed by atoms with Crippen LogP contribution in [0.3, 0.4) is 0 Å². The van der Waals surface area contributed by atoms with Gasteiger partial charge in [-0.15, -0.1) is 0 Å². The molecule has 0 unspecified atom stereocenters. The van der Waals surface area contributed by atoms with Crippen molar-refractivity contribution in [3.8, 4) is 0 Å². The number of amides is 1. The van der Waals surface area contributed by atoms with Crippen LogP contribution in [0.5, 0.6) is 0 Å². The normalized spacial score (nSPS) is 12.6. The molecule has 9 heteroatoms. The van der Waals surface area contributed by atoms with Gasteiger partial charge in [0.15, 0.2) is 0 Å². The van der Waals surface area contributed by atoms with Crippen molar-refractivity contribution in [3.63, 3.8) is 0 Å². The average Bonchev–Trinajstić information content (AvgIpc) is 2.52. The van der Waals surface area contributed by atoms with E-state index in [1.54, 1.807) is 12.1 Å². The third-order valence-corrected chi connectivity index (χ3v) is 4.79. The Labute approximate surface area is 141 Å². The molecule has 1 aromatic rings. The van der Waals surface area contributed by atoms with Crippen LogP contribution in [0, 0.1) is 6.92 Å². The highest BCUT2D eigenvalue weighted by atomic mass is 32.2. The molecule has 8 nitrogen and oxygen atoms in total. The van der Waals surface area contributed by atoms with Gasteiger partial charge in [0.05, 0.1) is 4.90 Å². The van der Waals surface area contributed by atoms with Crippen LogP contribution in [-0.4, -0.2) is 44.5 Å².